The van der Waals surface area contributed by atoms with Gasteiger partial charge in [-0.3, -0.25) is 0 Å². The molecule has 0 aliphatic carbocycles. The number of para-hydroxylation sites is 2. The molecule has 0 spiro atoms. The maximum atomic E-state index is 13.3. The second-order valence-corrected chi connectivity index (χ2v) is 8.95. The van der Waals surface area contributed by atoms with Gasteiger partial charge in [0.15, 0.2) is 0 Å². The van der Waals surface area contributed by atoms with Gasteiger partial charge in [0, 0.05) is 12.1 Å². The zero-order valence-corrected chi connectivity index (χ0v) is 22.6. The van der Waals surface area contributed by atoms with Crippen molar-refractivity contribution >= 4 is 17.5 Å². The first-order chi connectivity index (χ1) is 19.2. The van der Waals surface area contributed by atoms with Gasteiger partial charge in [0.2, 0.25) is 5.95 Å². The third kappa shape index (κ3) is 6.81. The van der Waals surface area contributed by atoms with E-state index in [1.165, 1.54) is 12.1 Å². The molecule has 0 saturated carbocycles. The molecule has 0 bridgehead atoms. The fourth-order valence-electron chi connectivity index (χ4n) is 4.29. The highest BCUT2D eigenvalue weighted by Gasteiger charge is 2.30. The van der Waals surface area contributed by atoms with Crippen LogP contribution in [-0.4, -0.2) is 48.2 Å². The molecule has 0 saturated heterocycles. The van der Waals surface area contributed by atoms with Crippen molar-refractivity contribution in [3.8, 4) is 33.9 Å². The zero-order valence-electron chi connectivity index (χ0n) is 22.6. The molecular weight excluding hydrogens is 519 g/mol. The van der Waals surface area contributed by atoms with Crippen LogP contribution in [0.4, 0.5) is 30.6 Å². The highest BCUT2D eigenvalue weighted by atomic mass is 19.4. The summed E-state index contributed by atoms with van der Waals surface area (Å²) >= 11 is 0. The van der Waals surface area contributed by atoms with Crippen molar-refractivity contribution in [2.45, 2.75) is 20.0 Å². The Morgan fingerprint density at radius 1 is 0.875 bits per heavy atom. The molecule has 0 fully saturated rings. The number of hydrogen-bond acceptors (Lipinski definition) is 7. The molecule has 0 amide bonds. The van der Waals surface area contributed by atoms with Crippen molar-refractivity contribution in [2.75, 3.05) is 44.4 Å². The summed E-state index contributed by atoms with van der Waals surface area (Å²) in [5.74, 6) is 1.58. The number of hydrogen-bond donors (Lipinski definition) is 2. The number of nitrogens with two attached hydrogens (primary N) is 1. The number of likely N-dealkylation sites (N-methyl/N-ethyl adjacent to an activating group) is 1. The molecule has 0 unspecified atom stereocenters. The summed E-state index contributed by atoms with van der Waals surface area (Å²) in [7, 11) is 1.54. The number of halogens is 3. The van der Waals surface area contributed by atoms with Crippen molar-refractivity contribution in [1.29, 1.82) is 0 Å². The van der Waals surface area contributed by atoms with Crippen LogP contribution in [0.1, 0.15) is 19.4 Å². The number of benzene rings is 3. The first-order valence-corrected chi connectivity index (χ1v) is 12.9. The largest absolute Gasteiger partial charge is 0.495 e. The number of alkyl halides is 3. The SMILES string of the molecule is CCN(CC)CCOc1ccc(-c2nc(N)nc(Nc3ccccc3OC)c2-c2ccc(C(F)(F)F)cc2)cc1. The van der Waals surface area contributed by atoms with E-state index in [0.29, 0.717) is 52.0 Å². The highest BCUT2D eigenvalue weighted by Crippen LogP contribution is 2.40. The van der Waals surface area contributed by atoms with Gasteiger partial charge >= 0.3 is 6.18 Å². The summed E-state index contributed by atoms with van der Waals surface area (Å²) in [6.07, 6.45) is -4.46. The van der Waals surface area contributed by atoms with E-state index in [1.807, 2.05) is 36.4 Å². The first-order valence-electron chi connectivity index (χ1n) is 12.9. The van der Waals surface area contributed by atoms with Crippen LogP contribution in [0, 0.1) is 0 Å². The fraction of sp³-hybridized carbons (Fsp3) is 0.267. The van der Waals surface area contributed by atoms with Gasteiger partial charge in [-0.05, 0) is 67.2 Å². The average molecular weight is 552 g/mol. The Morgan fingerprint density at radius 3 is 2.15 bits per heavy atom. The molecule has 40 heavy (non-hydrogen) atoms. The summed E-state index contributed by atoms with van der Waals surface area (Å²) in [6, 6.07) is 19.5. The van der Waals surface area contributed by atoms with Gasteiger partial charge in [0.05, 0.1) is 29.6 Å². The monoisotopic (exact) mass is 551 g/mol. The number of aromatic nitrogens is 2. The molecule has 7 nitrogen and oxygen atoms in total. The van der Waals surface area contributed by atoms with Crippen molar-refractivity contribution in [2.24, 2.45) is 0 Å². The molecule has 4 rings (SSSR count). The lowest BCUT2D eigenvalue weighted by Gasteiger charge is -2.19. The zero-order chi connectivity index (χ0) is 28.7. The van der Waals surface area contributed by atoms with E-state index in [-0.39, 0.29) is 5.95 Å². The summed E-state index contributed by atoms with van der Waals surface area (Å²) in [5, 5.41) is 3.24. The predicted molar refractivity (Wildman–Crippen MR) is 152 cm³/mol. The standard InChI is InChI=1S/C30H32F3N5O2/c1-4-38(5-2)18-19-40-23-16-12-21(13-17-23)27-26(20-10-14-22(15-11-20)30(31,32)33)28(37-29(34)36-27)35-24-8-6-7-9-25(24)39-3/h6-17H,4-5,18-19H2,1-3H3,(H3,34,35,36,37). The summed E-state index contributed by atoms with van der Waals surface area (Å²) in [4.78, 5) is 11.2. The minimum Gasteiger partial charge on any atom is -0.495 e. The third-order valence-corrected chi connectivity index (χ3v) is 6.49. The molecule has 10 heteroatoms. The number of methoxy groups -OCH3 is 1. The highest BCUT2D eigenvalue weighted by molar-refractivity contribution is 5.91. The first kappa shape index (κ1) is 28.7. The van der Waals surface area contributed by atoms with Crippen LogP contribution in [0.5, 0.6) is 11.5 Å². The van der Waals surface area contributed by atoms with Crippen LogP contribution in [-0.2, 0) is 6.18 Å². The summed E-state index contributed by atoms with van der Waals surface area (Å²) < 4.78 is 51.3. The van der Waals surface area contributed by atoms with Crippen molar-refractivity contribution in [3.05, 3.63) is 78.4 Å². The molecule has 210 valence electrons. The molecule has 0 aliphatic rings. The molecule has 1 aromatic heterocycles. The van der Waals surface area contributed by atoms with Gasteiger partial charge in [0.1, 0.15) is 23.9 Å². The molecule has 0 radical (unpaired) electrons. The van der Waals surface area contributed by atoms with E-state index in [2.05, 4.69) is 34.0 Å². The van der Waals surface area contributed by atoms with E-state index in [4.69, 9.17) is 15.2 Å². The van der Waals surface area contributed by atoms with E-state index in [9.17, 15) is 13.2 Å². The van der Waals surface area contributed by atoms with Crippen molar-refractivity contribution in [3.63, 3.8) is 0 Å². The Kier molecular flexibility index (Phi) is 9.11. The smallest absolute Gasteiger partial charge is 0.416 e. The van der Waals surface area contributed by atoms with Gasteiger partial charge in [0.25, 0.3) is 0 Å². The number of rotatable bonds is 11. The van der Waals surface area contributed by atoms with Crippen LogP contribution < -0.4 is 20.5 Å². The number of nitrogens with one attached hydrogen (secondary N) is 1. The van der Waals surface area contributed by atoms with Crippen LogP contribution >= 0.6 is 0 Å². The minimum absolute atomic E-state index is 0.00242. The number of anilines is 3. The van der Waals surface area contributed by atoms with Gasteiger partial charge in [-0.15, -0.1) is 0 Å². The number of nitrogens with zero attached hydrogens (tertiary/aromatic N) is 3. The second-order valence-electron chi connectivity index (χ2n) is 8.95. The topological polar surface area (TPSA) is 85.5 Å². The van der Waals surface area contributed by atoms with E-state index in [0.717, 1.165) is 31.8 Å². The van der Waals surface area contributed by atoms with Crippen molar-refractivity contribution in [1.82, 2.24) is 14.9 Å². The Balaban J connectivity index is 1.75. The second kappa shape index (κ2) is 12.7. The number of ether oxygens (including phenoxy) is 2. The van der Waals surface area contributed by atoms with Gasteiger partial charge in [-0.1, -0.05) is 38.1 Å². The van der Waals surface area contributed by atoms with E-state index < -0.39 is 11.7 Å². The molecule has 1 heterocycles. The van der Waals surface area contributed by atoms with Crippen LogP contribution in [0.3, 0.4) is 0 Å². The predicted octanol–water partition coefficient (Wildman–Crippen LogP) is 6.88. The Hall–Kier alpha value is -4.31. The maximum absolute atomic E-state index is 13.3. The van der Waals surface area contributed by atoms with Crippen LogP contribution in [0.2, 0.25) is 0 Å². The molecule has 0 aliphatic heterocycles. The van der Waals surface area contributed by atoms with E-state index in [1.54, 1.807) is 19.2 Å². The van der Waals surface area contributed by atoms with Gasteiger partial charge in [-0.25, -0.2) is 4.98 Å². The Bertz CT molecular complexity index is 1410. The average Bonchev–Trinajstić information content (AvgIpc) is 2.95. The molecule has 4 aromatic rings. The maximum Gasteiger partial charge on any atom is 0.416 e. The van der Waals surface area contributed by atoms with Crippen LogP contribution in [0.15, 0.2) is 72.8 Å². The quantitative estimate of drug-likeness (QED) is 0.210. The van der Waals surface area contributed by atoms with Crippen LogP contribution in [0.25, 0.3) is 22.4 Å². The lowest BCUT2D eigenvalue weighted by Crippen LogP contribution is -2.27. The normalized spacial score (nSPS) is 11.5. The number of nitrogen functional groups attached to an aromatic ring is 1. The molecular formula is C30H32F3N5O2. The molecule has 3 N–H and O–H groups in total. The minimum atomic E-state index is -4.46. The fourth-order valence-corrected chi connectivity index (χ4v) is 4.29. The third-order valence-electron chi connectivity index (χ3n) is 6.49. The lowest BCUT2D eigenvalue weighted by molar-refractivity contribution is -0.137. The molecule has 3 aromatic carbocycles. The lowest BCUT2D eigenvalue weighted by atomic mass is 9.98. The Morgan fingerprint density at radius 2 is 1.52 bits per heavy atom. The summed E-state index contributed by atoms with van der Waals surface area (Å²) in [5.41, 5.74) is 8.12. The van der Waals surface area contributed by atoms with Gasteiger partial charge < -0.3 is 25.4 Å². The Labute approximate surface area is 231 Å². The van der Waals surface area contributed by atoms with E-state index >= 15 is 0 Å². The molecule has 0 atom stereocenters. The van der Waals surface area contributed by atoms with Crippen molar-refractivity contribution < 1.29 is 22.6 Å². The van der Waals surface area contributed by atoms with Gasteiger partial charge in [-0.2, -0.15) is 18.2 Å². The summed E-state index contributed by atoms with van der Waals surface area (Å²) in [6.45, 7) is 7.48.